The number of hydrogen-bond acceptors (Lipinski definition) is 7. The molecule has 1 aliphatic heterocycles. The van der Waals surface area contributed by atoms with E-state index in [0.29, 0.717) is 41.7 Å². The topological polar surface area (TPSA) is 107 Å². The lowest BCUT2D eigenvalue weighted by atomic mass is 9.86. The average Bonchev–Trinajstić information content (AvgIpc) is 2.84. The molecular formula is C27H32ClN3O6. The van der Waals surface area contributed by atoms with Gasteiger partial charge in [-0.15, -0.1) is 0 Å². The second-order valence-electron chi connectivity index (χ2n) is 8.87. The maximum Gasteiger partial charge on any atom is 0.344 e. The van der Waals surface area contributed by atoms with Gasteiger partial charge in [-0.3, -0.25) is 9.59 Å². The molecule has 1 aliphatic rings. The lowest BCUT2D eigenvalue weighted by Crippen LogP contribution is -2.48. The summed E-state index contributed by atoms with van der Waals surface area (Å²) in [6.07, 6.45) is 0.201. The van der Waals surface area contributed by atoms with E-state index in [1.807, 2.05) is 6.07 Å². The van der Waals surface area contributed by atoms with Gasteiger partial charge < -0.3 is 24.4 Å². The molecule has 0 aromatic heterocycles. The summed E-state index contributed by atoms with van der Waals surface area (Å²) in [7, 11) is 1.56. The van der Waals surface area contributed by atoms with Crippen molar-refractivity contribution in [2.75, 3.05) is 26.7 Å². The highest BCUT2D eigenvalue weighted by Gasteiger charge is 2.43. The predicted octanol–water partition coefficient (Wildman–Crippen LogP) is 4.44. The molecule has 9 nitrogen and oxygen atoms in total. The number of aliphatic imine (C=N–C) groups is 1. The number of carbonyl (C=O) groups excluding carboxylic acids is 3. The molecule has 2 aromatic carbocycles. The van der Waals surface area contributed by atoms with Gasteiger partial charge in [0.15, 0.2) is 0 Å². The van der Waals surface area contributed by atoms with Crippen molar-refractivity contribution in [1.82, 2.24) is 10.2 Å². The first kappa shape index (κ1) is 28.1. The first-order chi connectivity index (χ1) is 17.7. The summed E-state index contributed by atoms with van der Waals surface area (Å²) in [6.45, 7) is 5.95. The number of methoxy groups -OCH3 is 1. The molecule has 0 radical (unpaired) electrons. The fraction of sp³-hybridized carbons (Fsp3) is 0.407. The van der Waals surface area contributed by atoms with Crippen LogP contribution in [0.3, 0.4) is 0 Å². The van der Waals surface area contributed by atoms with Crippen molar-refractivity contribution in [1.29, 1.82) is 0 Å². The Labute approximate surface area is 221 Å². The minimum atomic E-state index is -0.758. The number of urea groups is 1. The van der Waals surface area contributed by atoms with Gasteiger partial charge in [-0.1, -0.05) is 23.7 Å². The largest absolute Gasteiger partial charge is 0.497 e. The number of nitrogens with zero attached hydrogens (tertiary/aromatic N) is 2. The lowest BCUT2D eigenvalue weighted by molar-refractivity contribution is -0.151. The molecule has 0 fully saturated rings. The summed E-state index contributed by atoms with van der Waals surface area (Å²) in [4.78, 5) is 43.8. The van der Waals surface area contributed by atoms with Crippen LogP contribution in [0.5, 0.6) is 11.5 Å². The average molecular weight is 530 g/mol. The third kappa shape index (κ3) is 7.77. The van der Waals surface area contributed by atoms with Crippen LogP contribution in [0.25, 0.3) is 0 Å². The third-order valence-electron chi connectivity index (χ3n) is 5.73. The molecule has 0 saturated carbocycles. The Kier molecular flexibility index (Phi) is 10.0. The summed E-state index contributed by atoms with van der Waals surface area (Å²) < 4.78 is 15.9. The molecule has 1 heterocycles. The summed E-state index contributed by atoms with van der Waals surface area (Å²) in [6, 6.07) is 12.7. The molecule has 10 heteroatoms. The molecule has 198 valence electrons. The van der Waals surface area contributed by atoms with E-state index in [9.17, 15) is 14.4 Å². The summed E-state index contributed by atoms with van der Waals surface area (Å²) in [5, 5.41) is 3.53. The Balaban J connectivity index is 1.63. The monoisotopic (exact) mass is 529 g/mol. The minimum absolute atomic E-state index is 0.00169. The van der Waals surface area contributed by atoms with Crippen molar-refractivity contribution in [3.63, 3.8) is 0 Å². The number of benzene rings is 2. The highest BCUT2D eigenvalue weighted by atomic mass is 35.5. The van der Waals surface area contributed by atoms with Crippen molar-refractivity contribution in [3.05, 3.63) is 59.1 Å². The number of hydrogen-bond donors (Lipinski definition) is 1. The fourth-order valence-electron chi connectivity index (χ4n) is 4.09. The van der Waals surface area contributed by atoms with Crippen LogP contribution in [0.15, 0.2) is 53.5 Å². The predicted molar refractivity (Wildman–Crippen MR) is 140 cm³/mol. The van der Waals surface area contributed by atoms with Gasteiger partial charge in [0, 0.05) is 17.3 Å². The van der Waals surface area contributed by atoms with E-state index in [0.717, 1.165) is 5.56 Å². The smallest absolute Gasteiger partial charge is 0.344 e. The number of carbonyl (C=O) groups is 3. The Hall–Kier alpha value is -3.43. The summed E-state index contributed by atoms with van der Waals surface area (Å²) >= 11 is 6.23. The fourth-order valence-corrected chi connectivity index (χ4v) is 4.29. The molecule has 2 unspecified atom stereocenters. The van der Waals surface area contributed by atoms with Crippen LogP contribution in [0.1, 0.15) is 38.8 Å². The number of nitrogens with one attached hydrogen (secondary N) is 1. The van der Waals surface area contributed by atoms with E-state index in [-0.39, 0.29) is 12.6 Å². The standard InChI is InChI=1S/C27H32ClN3O6/c1-17(2)36-26(33)24-18(3)30-27(34)31(25(24)19-7-5-8-20(28)15-19)14-6-13-29-16-23(32)37-22-11-9-21(35-4)10-12-22/h5,7-12,15,17,24-25,29H,6,13-14,16H2,1-4H3. The van der Waals surface area contributed by atoms with Crippen molar-refractivity contribution in [2.24, 2.45) is 10.9 Å². The van der Waals surface area contributed by atoms with E-state index >= 15 is 0 Å². The first-order valence-corrected chi connectivity index (χ1v) is 12.4. The first-order valence-electron chi connectivity index (χ1n) is 12.1. The highest BCUT2D eigenvalue weighted by molar-refractivity contribution is 6.30. The SMILES string of the molecule is COc1ccc(OC(=O)CNCCCN2C(=O)N=C(C)C(C(=O)OC(C)C)C2c2cccc(Cl)c2)cc1. The molecule has 2 atom stereocenters. The Morgan fingerprint density at radius 2 is 1.84 bits per heavy atom. The van der Waals surface area contributed by atoms with Gasteiger partial charge in [0.05, 0.1) is 25.8 Å². The van der Waals surface area contributed by atoms with Crippen molar-refractivity contribution in [2.45, 2.75) is 39.3 Å². The summed E-state index contributed by atoms with van der Waals surface area (Å²) in [5.74, 6) is -0.555. The molecule has 2 aromatic rings. The molecule has 0 aliphatic carbocycles. The van der Waals surface area contributed by atoms with Crippen LogP contribution in [0.4, 0.5) is 4.79 Å². The van der Waals surface area contributed by atoms with Gasteiger partial charge in [-0.2, -0.15) is 0 Å². The maximum absolute atomic E-state index is 13.0. The van der Waals surface area contributed by atoms with Crippen molar-refractivity contribution >= 4 is 35.3 Å². The van der Waals surface area contributed by atoms with Crippen LogP contribution in [-0.2, 0) is 14.3 Å². The lowest BCUT2D eigenvalue weighted by Gasteiger charge is -2.39. The molecule has 0 spiro atoms. The number of amides is 2. The molecule has 2 amide bonds. The molecule has 37 heavy (non-hydrogen) atoms. The normalized spacial score (nSPS) is 17.4. The van der Waals surface area contributed by atoms with E-state index in [1.54, 1.807) is 75.2 Å². The molecular weight excluding hydrogens is 498 g/mol. The van der Waals surface area contributed by atoms with E-state index in [4.69, 9.17) is 25.8 Å². The molecule has 0 bridgehead atoms. The van der Waals surface area contributed by atoms with Crippen LogP contribution >= 0.6 is 11.6 Å². The number of rotatable bonds is 11. The molecule has 3 rings (SSSR count). The van der Waals surface area contributed by atoms with Crippen LogP contribution in [0.2, 0.25) is 5.02 Å². The third-order valence-corrected chi connectivity index (χ3v) is 5.96. The van der Waals surface area contributed by atoms with Crippen LogP contribution in [-0.4, -0.2) is 61.4 Å². The van der Waals surface area contributed by atoms with E-state index in [1.165, 1.54) is 0 Å². The van der Waals surface area contributed by atoms with Gasteiger partial charge >= 0.3 is 18.0 Å². The van der Waals surface area contributed by atoms with E-state index in [2.05, 4.69) is 10.3 Å². The molecule has 1 N–H and O–H groups in total. The van der Waals surface area contributed by atoms with E-state index < -0.39 is 29.9 Å². The van der Waals surface area contributed by atoms with Crippen molar-refractivity contribution < 1.29 is 28.6 Å². The van der Waals surface area contributed by atoms with Gasteiger partial charge in [0.1, 0.15) is 17.4 Å². The van der Waals surface area contributed by atoms with Crippen molar-refractivity contribution in [3.8, 4) is 11.5 Å². The van der Waals surface area contributed by atoms with Gasteiger partial charge in [0.25, 0.3) is 0 Å². The Morgan fingerprint density at radius 1 is 1.14 bits per heavy atom. The molecule has 0 saturated heterocycles. The number of esters is 2. The van der Waals surface area contributed by atoms with Gasteiger partial charge in [-0.05, 0) is 75.7 Å². The quantitative estimate of drug-likeness (QED) is 0.260. The number of halogens is 1. The van der Waals surface area contributed by atoms with Gasteiger partial charge in [-0.25, -0.2) is 9.79 Å². The zero-order valence-electron chi connectivity index (χ0n) is 21.4. The second-order valence-corrected chi connectivity index (χ2v) is 9.31. The highest BCUT2D eigenvalue weighted by Crippen LogP contribution is 2.36. The number of ether oxygens (including phenoxy) is 3. The van der Waals surface area contributed by atoms with Crippen LogP contribution < -0.4 is 14.8 Å². The summed E-state index contributed by atoms with van der Waals surface area (Å²) in [5.41, 5.74) is 1.12. The van der Waals surface area contributed by atoms with Gasteiger partial charge in [0.2, 0.25) is 0 Å². The maximum atomic E-state index is 13.0. The van der Waals surface area contributed by atoms with Crippen LogP contribution in [0, 0.1) is 5.92 Å². The Bertz CT molecular complexity index is 1140. The minimum Gasteiger partial charge on any atom is -0.497 e. The zero-order chi connectivity index (χ0) is 26.9. The zero-order valence-corrected chi connectivity index (χ0v) is 22.2. The second kappa shape index (κ2) is 13.2. The Morgan fingerprint density at radius 3 is 2.49 bits per heavy atom.